The summed E-state index contributed by atoms with van der Waals surface area (Å²) in [6.07, 6.45) is 0.0402. The van der Waals surface area contributed by atoms with Crippen molar-refractivity contribution < 1.29 is 9.53 Å². The average Bonchev–Trinajstić information content (AvgIpc) is 2.56. The standard InChI is InChI=1S/C19H25N3O2/c1-12(22(3)4)13(2)24-16-8-5-14(6-9-16)19(23)15-7-10-17(20)18(21)11-15/h5-13H,20-21H2,1-4H3. The van der Waals surface area contributed by atoms with E-state index >= 15 is 0 Å². The first-order chi connectivity index (χ1) is 11.3. The number of ketones is 1. The van der Waals surface area contributed by atoms with Crippen LogP contribution >= 0.6 is 0 Å². The van der Waals surface area contributed by atoms with E-state index in [0.717, 1.165) is 5.75 Å². The van der Waals surface area contributed by atoms with Gasteiger partial charge in [-0.25, -0.2) is 0 Å². The minimum atomic E-state index is -0.0945. The quantitative estimate of drug-likeness (QED) is 0.630. The van der Waals surface area contributed by atoms with E-state index in [2.05, 4.69) is 11.8 Å². The molecule has 0 spiro atoms. The number of likely N-dealkylation sites (N-methyl/N-ethyl adjacent to an activating group) is 1. The minimum absolute atomic E-state index is 0.0402. The normalized spacial score (nSPS) is 13.5. The predicted octanol–water partition coefficient (Wildman–Crippen LogP) is 2.80. The molecule has 2 aromatic rings. The molecule has 2 unspecified atom stereocenters. The largest absolute Gasteiger partial charge is 0.489 e. The van der Waals surface area contributed by atoms with Crippen molar-refractivity contribution in [2.45, 2.75) is 26.0 Å². The number of nitrogens with two attached hydrogens (primary N) is 2. The van der Waals surface area contributed by atoms with Crippen molar-refractivity contribution >= 4 is 17.2 Å². The molecule has 0 saturated carbocycles. The van der Waals surface area contributed by atoms with E-state index < -0.39 is 0 Å². The van der Waals surface area contributed by atoms with Gasteiger partial charge in [-0.15, -0.1) is 0 Å². The van der Waals surface area contributed by atoms with E-state index in [1.165, 1.54) is 0 Å². The van der Waals surface area contributed by atoms with Gasteiger partial charge in [0.25, 0.3) is 0 Å². The van der Waals surface area contributed by atoms with Crippen molar-refractivity contribution in [3.63, 3.8) is 0 Å². The van der Waals surface area contributed by atoms with Gasteiger partial charge in [0, 0.05) is 17.2 Å². The van der Waals surface area contributed by atoms with Crippen LogP contribution < -0.4 is 16.2 Å². The Morgan fingerprint density at radius 1 is 0.958 bits per heavy atom. The summed E-state index contributed by atoms with van der Waals surface area (Å²) in [4.78, 5) is 14.6. The van der Waals surface area contributed by atoms with Crippen molar-refractivity contribution in [2.75, 3.05) is 25.6 Å². The third-order valence-electron chi connectivity index (χ3n) is 4.28. The number of hydrogen-bond donors (Lipinski definition) is 2. The van der Waals surface area contributed by atoms with Crippen LogP contribution in [-0.2, 0) is 0 Å². The maximum Gasteiger partial charge on any atom is 0.193 e. The maximum absolute atomic E-state index is 12.5. The third-order valence-corrected chi connectivity index (χ3v) is 4.28. The van der Waals surface area contributed by atoms with Crippen LogP contribution in [0.15, 0.2) is 42.5 Å². The maximum atomic E-state index is 12.5. The first-order valence-corrected chi connectivity index (χ1v) is 7.92. The van der Waals surface area contributed by atoms with Crippen molar-refractivity contribution in [3.8, 4) is 5.75 Å². The Morgan fingerprint density at radius 3 is 2.08 bits per heavy atom. The second-order valence-corrected chi connectivity index (χ2v) is 6.22. The Kier molecular flexibility index (Phi) is 5.46. The molecule has 5 nitrogen and oxygen atoms in total. The molecule has 0 fully saturated rings. The summed E-state index contributed by atoms with van der Waals surface area (Å²) in [5.74, 6) is 0.646. The summed E-state index contributed by atoms with van der Waals surface area (Å²) in [7, 11) is 4.04. The van der Waals surface area contributed by atoms with E-state index in [1.54, 1.807) is 30.3 Å². The summed E-state index contributed by atoms with van der Waals surface area (Å²) in [6.45, 7) is 4.13. The van der Waals surface area contributed by atoms with Gasteiger partial charge >= 0.3 is 0 Å². The van der Waals surface area contributed by atoms with Gasteiger partial charge in [0.1, 0.15) is 11.9 Å². The number of nitrogens with zero attached hydrogens (tertiary/aromatic N) is 1. The van der Waals surface area contributed by atoms with E-state index in [9.17, 15) is 4.79 Å². The van der Waals surface area contributed by atoms with Gasteiger partial charge in [0.2, 0.25) is 0 Å². The Labute approximate surface area is 143 Å². The van der Waals surface area contributed by atoms with Crippen molar-refractivity contribution in [2.24, 2.45) is 0 Å². The molecule has 0 saturated heterocycles. The first kappa shape index (κ1) is 17.8. The highest BCUT2D eigenvalue weighted by molar-refractivity contribution is 6.09. The smallest absolute Gasteiger partial charge is 0.193 e. The second kappa shape index (κ2) is 7.36. The van der Waals surface area contributed by atoms with Crippen LogP contribution in [0.3, 0.4) is 0 Å². The highest BCUT2D eigenvalue weighted by Gasteiger charge is 2.16. The Bertz CT molecular complexity index is 711. The fraction of sp³-hybridized carbons (Fsp3) is 0.316. The fourth-order valence-electron chi connectivity index (χ4n) is 2.30. The van der Waals surface area contributed by atoms with Crippen LogP contribution in [0.2, 0.25) is 0 Å². The van der Waals surface area contributed by atoms with Crippen LogP contribution in [0.1, 0.15) is 29.8 Å². The lowest BCUT2D eigenvalue weighted by molar-refractivity contribution is 0.103. The van der Waals surface area contributed by atoms with Crippen LogP contribution in [0, 0.1) is 0 Å². The molecule has 4 N–H and O–H groups in total. The molecule has 0 aliphatic heterocycles. The van der Waals surface area contributed by atoms with Gasteiger partial charge in [-0.1, -0.05) is 0 Å². The molecule has 2 atom stereocenters. The number of ether oxygens (including phenoxy) is 1. The molecular formula is C19H25N3O2. The summed E-state index contributed by atoms with van der Waals surface area (Å²) in [5, 5.41) is 0. The molecule has 2 aromatic carbocycles. The number of hydrogen-bond acceptors (Lipinski definition) is 5. The third kappa shape index (κ3) is 4.06. The monoisotopic (exact) mass is 327 g/mol. The zero-order valence-electron chi connectivity index (χ0n) is 14.6. The molecule has 0 bridgehead atoms. The van der Waals surface area contributed by atoms with Gasteiger partial charge in [-0.3, -0.25) is 4.79 Å². The molecule has 128 valence electrons. The fourth-order valence-corrected chi connectivity index (χ4v) is 2.30. The molecule has 0 aliphatic carbocycles. The summed E-state index contributed by atoms with van der Waals surface area (Å²) in [6, 6.07) is 12.4. The predicted molar refractivity (Wildman–Crippen MR) is 98.4 cm³/mol. The number of carbonyl (C=O) groups excluding carboxylic acids is 1. The van der Waals surface area contributed by atoms with Gasteiger partial charge in [0.15, 0.2) is 5.78 Å². The molecule has 24 heavy (non-hydrogen) atoms. The first-order valence-electron chi connectivity index (χ1n) is 7.92. The lowest BCUT2D eigenvalue weighted by atomic mass is 10.0. The average molecular weight is 327 g/mol. The van der Waals surface area contributed by atoms with Crippen molar-refractivity contribution in [3.05, 3.63) is 53.6 Å². The van der Waals surface area contributed by atoms with Crippen LogP contribution in [0.25, 0.3) is 0 Å². The highest BCUT2D eigenvalue weighted by Crippen LogP contribution is 2.21. The van der Waals surface area contributed by atoms with E-state index in [0.29, 0.717) is 22.5 Å². The van der Waals surface area contributed by atoms with Crippen LogP contribution in [-0.4, -0.2) is 36.9 Å². The lowest BCUT2D eigenvalue weighted by Crippen LogP contribution is -2.37. The molecule has 5 heteroatoms. The molecule has 0 amide bonds. The zero-order chi connectivity index (χ0) is 17.9. The second-order valence-electron chi connectivity index (χ2n) is 6.22. The molecule has 0 aliphatic rings. The summed E-state index contributed by atoms with van der Waals surface area (Å²) in [5.41, 5.74) is 13.4. The molecule has 0 heterocycles. The minimum Gasteiger partial charge on any atom is -0.489 e. The van der Waals surface area contributed by atoms with E-state index in [4.69, 9.17) is 16.2 Å². The Balaban J connectivity index is 2.11. The number of rotatable bonds is 6. The number of anilines is 2. The van der Waals surface area contributed by atoms with E-state index in [1.807, 2.05) is 33.2 Å². The van der Waals surface area contributed by atoms with Gasteiger partial charge in [-0.05, 0) is 70.4 Å². The van der Waals surface area contributed by atoms with E-state index in [-0.39, 0.29) is 17.9 Å². The van der Waals surface area contributed by atoms with Gasteiger partial charge < -0.3 is 21.1 Å². The van der Waals surface area contributed by atoms with Gasteiger partial charge in [0.05, 0.1) is 11.4 Å². The highest BCUT2D eigenvalue weighted by atomic mass is 16.5. The van der Waals surface area contributed by atoms with Crippen molar-refractivity contribution in [1.82, 2.24) is 4.90 Å². The lowest BCUT2D eigenvalue weighted by Gasteiger charge is -2.27. The van der Waals surface area contributed by atoms with Crippen molar-refractivity contribution in [1.29, 1.82) is 0 Å². The van der Waals surface area contributed by atoms with Gasteiger partial charge in [-0.2, -0.15) is 0 Å². The topological polar surface area (TPSA) is 81.6 Å². The molecular weight excluding hydrogens is 302 g/mol. The Hall–Kier alpha value is -2.53. The molecule has 0 radical (unpaired) electrons. The Morgan fingerprint density at radius 2 is 1.54 bits per heavy atom. The SMILES string of the molecule is CC(Oc1ccc(C(=O)c2ccc(N)c(N)c2)cc1)C(C)N(C)C. The molecule has 0 aromatic heterocycles. The number of nitrogen functional groups attached to an aromatic ring is 2. The number of benzene rings is 2. The zero-order valence-corrected chi connectivity index (χ0v) is 14.6. The van der Waals surface area contributed by atoms with Crippen LogP contribution in [0.4, 0.5) is 11.4 Å². The van der Waals surface area contributed by atoms with Crippen LogP contribution in [0.5, 0.6) is 5.75 Å². The summed E-state index contributed by atoms with van der Waals surface area (Å²) < 4.78 is 5.92. The summed E-state index contributed by atoms with van der Waals surface area (Å²) >= 11 is 0. The molecule has 2 rings (SSSR count). The number of carbonyl (C=O) groups is 1.